The van der Waals surface area contributed by atoms with Crippen molar-refractivity contribution in [3.63, 3.8) is 0 Å². The van der Waals surface area contributed by atoms with E-state index in [4.69, 9.17) is 11.6 Å². The van der Waals surface area contributed by atoms with Gasteiger partial charge >= 0.3 is 0 Å². The van der Waals surface area contributed by atoms with E-state index in [9.17, 15) is 9.59 Å². The first kappa shape index (κ1) is 19.0. The van der Waals surface area contributed by atoms with Gasteiger partial charge in [-0.2, -0.15) is 0 Å². The molecule has 0 aliphatic rings. The average molecular weight is 359 g/mol. The molecule has 0 aliphatic carbocycles. The lowest BCUT2D eigenvalue weighted by molar-refractivity contribution is -0.132. The minimum absolute atomic E-state index is 0.0231. The molecule has 2 rings (SSSR count). The summed E-state index contributed by atoms with van der Waals surface area (Å²) in [4.78, 5) is 26.1. The van der Waals surface area contributed by atoms with Crippen LogP contribution in [-0.2, 0) is 16.1 Å². The molecule has 1 unspecified atom stereocenters. The number of hydrogen-bond donors (Lipinski definition) is 1. The Balaban J connectivity index is 2.12. The van der Waals surface area contributed by atoms with Gasteiger partial charge in [0.2, 0.25) is 11.8 Å². The Morgan fingerprint density at radius 1 is 1.08 bits per heavy atom. The number of amides is 2. The van der Waals surface area contributed by atoms with Gasteiger partial charge in [0, 0.05) is 25.0 Å². The van der Waals surface area contributed by atoms with Crippen LogP contribution in [0.1, 0.15) is 37.4 Å². The van der Waals surface area contributed by atoms with Crippen molar-refractivity contribution in [3.8, 4) is 0 Å². The van der Waals surface area contributed by atoms with E-state index in [2.05, 4.69) is 5.32 Å². The highest BCUT2D eigenvalue weighted by atomic mass is 35.5. The fourth-order valence-corrected chi connectivity index (χ4v) is 2.89. The Kier molecular flexibility index (Phi) is 7.02. The number of carbonyl (C=O) groups is 2. The summed E-state index contributed by atoms with van der Waals surface area (Å²) >= 11 is 6.21. The second kappa shape index (κ2) is 9.23. The molecule has 0 aromatic heterocycles. The average Bonchev–Trinajstić information content (AvgIpc) is 2.60. The molecule has 2 amide bonds. The van der Waals surface area contributed by atoms with E-state index in [1.165, 1.54) is 6.92 Å². The topological polar surface area (TPSA) is 49.4 Å². The Labute approximate surface area is 153 Å². The van der Waals surface area contributed by atoms with E-state index in [-0.39, 0.29) is 24.3 Å². The maximum Gasteiger partial charge on any atom is 0.225 e. The fourth-order valence-electron chi connectivity index (χ4n) is 2.70. The smallest absolute Gasteiger partial charge is 0.225 e. The van der Waals surface area contributed by atoms with Crippen molar-refractivity contribution in [3.05, 3.63) is 70.7 Å². The monoisotopic (exact) mass is 358 g/mol. The van der Waals surface area contributed by atoms with Crippen LogP contribution in [0.25, 0.3) is 0 Å². The number of rotatable bonds is 7. The molecule has 1 N–H and O–H groups in total. The van der Waals surface area contributed by atoms with Crippen LogP contribution in [0.3, 0.4) is 0 Å². The Hall–Kier alpha value is -2.33. The highest BCUT2D eigenvalue weighted by Gasteiger charge is 2.21. The van der Waals surface area contributed by atoms with Crippen LogP contribution < -0.4 is 5.32 Å². The first-order valence-corrected chi connectivity index (χ1v) is 8.72. The third-order valence-electron chi connectivity index (χ3n) is 4.01. The molecule has 0 bridgehead atoms. The number of nitrogens with one attached hydrogen (secondary N) is 1. The van der Waals surface area contributed by atoms with Gasteiger partial charge < -0.3 is 10.2 Å². The summed E-state index contributed by atoms with van der Waals surface area (Å²) in [5, 5.41) is 3.52. The van der Waals surface area contributed by atoms with E-state index in [1.807, 2.05) is 61.5 Å². The Morgan fingerprint density at radius 3 is 2.32 bits per heavy atom. The molecule has 4 nitrogen and oxygen atoms in total. The molecule has 132 valence electrons. The van der Waals surface area contributed by atoms with Crippen LogP contribution in [0, 0.1) is 0 Å². The number of benzene rings is 2. The zero-order valence-electron chi connectivity index (χ0n) is 14.5. The normalized spacial score (nSPS) is 11.6. The molecular weight excluding hydrogens is 336 g/mol. The third-order valence-corrected chi connectivity index (χ3v) is 4.38. The first-order valence-electron chi connectivity index (χ1n) is 8.34. The van der Waals surface area contributed by atoms with E-state index < -0.39 is 0 Å². The summed E-state index contributed by atoms with van der Waals surface area (Å²) in [7, 11) is 0. The molecule has 5 heteroatoms. The van der Waals surface area contributed by atoms with Gasteiger partial charge in [-0.05, 0) is 24.1 Å². The highest BCUT2D eigenvalue weighted by molar-refractivity contribution is 6.31. The van der Waals surface area contributed by atoms with E-state index >= 15 is 0 Å². The van der Waals surface area contributed by atoms with Gasteiger partial charge in [-0.15, -0.1) is 0 Å². The largest absolute Gasteiger partial charge is 0.349 e. The Bertz CT molecular complexity index is 719. The van der Waals surface area contributed by atoms with Gasteiger partial charge in [-0.25, -0.2) is 0 Å². The molecule has 1 atom stereocenters. The molecular formula is C20H23ClN2O2. The predicted molar refractivity (Wildman–Crippen MR) is 100 cm³/mol. The van der Waals surface area contributed by atoms with Crippen molar-refractivity contribution >= 4 is 23.4 Å². The van der Waals surface area contributed by atoms with Crippen molar-refractivity contribution < 1.29 is 9.59 Å². The molecule has 0 radical (unpaired) electrons. The van der Waals surface area contributed by atoms with Gasteiger partial charge in [0.15, 0.2) is 0 Å². The molecule has 2 aromatic carbocycles. The first-order chi connectivity index (χ1) is 12.0. The SMILES string of the molecule is CCN(Cc1ccccc1Cl)C(=O)CC(NC(C)=O)c1ccccc1. The second-order valence-electron chi connectivity index (χ2n) is 5.87. The van der Waals surface area contributed by atoms with Gasteiger partial charge in [0.05, 0.1) is 12.5 Å². The summed E-state index contributed by atoms with van der Waals surface area (Å²) in [5.74, 6) is -0.180. The van der Waals surface area contributed by atoms with E-state index in [0.717, 1.165) is 11.1 Å². The maximum atomic E-state index is 12.8. The zero-order chi connectivity index (χ0) is 18.2. The minimum atomic E-state index is -0.341. The number of halogens is 1. The maximum absolute atomic E-state index is 12.8. The van der Waals surface area contributed by atoms with Gasteiger partial charge in [0.25, 0.3) is 0 Å². The van der Waals surface area contributed by atoms with Crippen molar-refractivity contribution in [2.75, 3.05) is 6.54 Å². The number of hydrogen-bond acceptors (Lipinski definition) is 2. The third kappa shape index (κ3) is 5.61. The Morgan fingerprint density at radius 2 is 1.72 bits per heavy atom. The van der Waals surface area contributed by atoms with Crippen LogP contribution in [-0.4, -0.2) is 23.3 Å². The molecule has 0 fully saturated rings. The summed E-state index contributed by atoms with van der Waals surface area (Å²) in [5.41, 5.74) is 1.83. The fraction of sp³-hybridized carbons (Fsp3) is 0.300. The van der Waals surface area contributed by atoms with E-state index in [0.29, 0.717) is 18.1 Å². The van der Waals surface area contributed by atoms with Gasteiger partial charge in [-0.1, -0.05) is 60.1 Å². The van der Waals surface area contributed by atoms with Crippen molar-refractivity contribution in [2.24, 2.45) is 0 Å². The standard InChI is InChI=1S/C20H23ClN2O2/c1-3-23(14-17-11-7-8-12-18(17)21)20(25)13-19(22-15(2)24)16-9-5-4-6-10-16/h4-12,19H,3,13-14H2,1-2H3,(H,22,24). The van der Waals surface area contributed by atoms with E-state index in [1.54, 1.807) is 4.90 Å². The van der Waals surface area contributed by atoms with Crippen molar-refractivity contribution in [1.29, 1.82) is 0 Å². The lowest BCUT2D eigenvalue weighted by Crippen LogP contribution is -2.35. The van der Waals surface area contributed by atoms with Crippen LogP contribution in [0.4, 0.5) is 0 Å². The highest BCUT2D eigenvalue weighted by Crippen LogP contribution is 2.21. The van der Waals surface area contributed by atoms with Crippen LogP contribution in [0.5, 0.6) is 0 Å². The quantitative estimate of drug-likeness (QED) is 0.814. The summed E-state index contributed by atoms with van der Waals surface area (Å²) in [6.07, 6.45) is 0.210. The molecule has 0 heterocycles. The zero-order valence-corrected chi connectivity index (χ0v) is 15.3. The molecule has 0 aliphatic heterocycles. The van der Waals surface area contributed by atoms with Gasteiger partial charge in [-0.3, -0.25) is 9.59 Å². The number of nitrogens with zero attached hydrogens (tertiary/aromatic N) is 1. The van der Waals surface area contributed by atoms with Crippen molar-refractivity contribution in [2.45, 2.75) is 32.9 Å². The summed E-state index contributed by atoms with van der Waals surface area (Å²) in [6.45, 7) is 4.43. The van der Waals surface area contributed by atoms with Crippen LogP contribution >= 0.6 is 11.6 Å². The molecule has 25 heavy (non-hydrogen) atoms. The lowest BCUT2D eigenvalue weighted by Gasteiger charge is -2.25. The molecule has 0 saturated carbocycles. The predicted octanol–water partition coefficient (Wildman–Crippen LogP) is 3.96. The summed E-state index contributed by atoms with van der Waals surface area (Å²) in [6, 6.07) is 16.7. The van der Waals surface area contributed by atoms with Crippen LogP contribution in [0.2, 0.25) is 5.02 Å². The number of carbonyl (C=O) groups excluding carboxylic acids is 2. The second-order valence-corrected chi connectivity index (χ2v) is 6.27. The lowest BCUT2D eigenvalue weighted by atomic mass is 10.0. The van der Waals surface area contributed by atoms with Crippen molar-refractivity contribution in [1.82, 2.24) is 10.2 Å². The van der Waals surface area contributed by atoms with Crippen LogP contribution in [0.15, 0.2) is 54.6 Å². The summed E-state index contributed by atoms with van der Waals surface area (Å²) < 4.78 is 0. The molecule has 2 aromatic rings. The molecule has 0 saturated heterocycles. The van der Waals surface area contributed by atoms with Gasteiger partial charge in [0.1, 0.15) is 0 Å². The molecule has 0 spiro atoms. The minimum Gasteiger partial charge on any atom is -0.349 e.